The summed E-state index contributed by atoms with van der Waals surface area (Å²) in [5, 5.41) is 8.87. The van der Waals surface area contributed by atoms with Gasteiger partial charge in [-0.2, -0.15) is 5.26 Å². The first-order valence-electron chi connectivity index (χ1n) is 5.48. The third-order valence-electron chi connectivity index (χ3n) is 2.70. The Morgan fingerprint density at radius 1 is 1.50 bits per heavy atom. The number of fused-ring (bicyclic) bond motifs is 1. The third kappa shape index (κ3) is 1.67. The summed E-state index contributed by atoms with van der Waals surface area (Å²) in [7, 11) is 0. The molecule has 0 spiro atoms. The number of nitriles is 1. The molecule has 0 saturated heterocycles. The molecule has 2 heterocycles. The topological polar surface area (TPSA) is 41.1 Å². The van der Waals surface area contributed by atoms with Crippen molar-refractivity contribution in [1.29, 1.82) is 5.26 Å². The molecule has 0 N–H and O–H groups in total. The molecule has 3 heteroatoms. The summed E-state index contributed by atoms with van der Waals surface area (Å²) >= 11 is 0. The van der Waals surface area contributed by atoms with E-state index in [1.165, 1.54) is 5.56 Å². The van der Waals surface area contributed by atoms with Gasteiger partial charge in [0.15, 0.2) is 0 Å². The normalized spacial score (nSPS) is 10.9. The summed E-state index contributed by atoms with van der Waals surface area (Å²) in [5.41, 5.74) is 4.19. The standard InChI is InChI=1S/C13H15N3/c1-9(2)13-11(4-6-14)16-7-5-10(3)8-12(16)15-13/h5,7-9H,4H2,1-3H3. The lowest BCUT2D eigenvalue weighted by molar-refractivity contribution is 0.814. The highest BCUT2D eigenvalue weighted by Gasteiger charge is 2.14. The molecule has 0 unspecified atom stereocenters. The Balaban J connectivity index is 2.71. The van der Waals surface area contributed by atoms with E-state index in [1.807, 2.05) is 29.7 Å². The lowest BCUT2D eigenvalue weighted by Gasteiger charge is -2.03. The van der Waals surface area contributed by atoms with Gasteiger partial charge in [-0.25, -0.2) is 4.98 Å². The van der Waals surface area contributed by atoms with E-state index in [9.17, 15) is 0 Å². The van der Waals surface area contributed by atoms with Gasteiger partial charge in [0, 0.05) is 6.20 Å². The fourth-order valence-corrected chi connectivity index (χ4v) is 1.93. The van der Waals surface area contributed by atoms with E-state index in [1.54, 1.807) is 0 Å². The van der Waals surface area contributed by atoms with Crippen molar-refractivity contribution in [3.63, 3.8) is 0 Å². The van der Waals surface area contributed by atoms with Crippen LogP contribution in [0.4, 0.5) is 0 Å². The Morgan fingerprint density at radius 3 is 2.88 bits per heavy atom. The molecule has 82 valence electrons. The summed E-state index contributed by atoms with van der Waals surface area (Å²) in [5.74, 6) is 0.351. The largest absolute Gasteiger partial charge is 0.303 e. The Morgan fingerprint density at radius 2 is 2.25 bits per heavy atom. The smallest absolute Gasteiger partial charge is 0.137 e. The van der Waals surface area contributed by atoms with Gasteiger partial charge in [0.1, 0.15) is 5.65 Å². The first-order valence-corrected chi connectivity index (χ1v) is 5.48. The van der Waals surface area contributed by atoms with Crippen LogP contribution in [0.25, 0.3) is 5.65 Å². The average molecular weight is 213 g/mol. The van der Waals surface area contributed by atoms with E-state index in [2.05, 4.69) is 24.9 Å². The van der Waals surface area contributed by atoms with E-state index >= 15 is 0 Å². The van der Waals surface area contributed by atoms with E-state index < -0.39 is 0 Å². The van der Waals surface area contributed by atoms with Crippen LogP contribution < -0.4 is 0 Å². The van der Waals surface area contributed by atoms with Crippen LogP contribution >= 0.6 is 0 Å². The zero-order valence-corrected chi connectivity index (χ0v) is 9.86. The molecule has 2 rings (SSSR count). The van der Waals surface area contributed by atoms with Crippen LogP contribution in [0.2, 0.25) is 0 Å². The maximum Gasteiger partial charge on any atom is 0.137 e. The fraction of sp³-hybridized carbons (Fsp3) is 0.385. The molecule has 2 aromatic heterocycles. The van der Waals surface area contributed by atoms with Crippen LogP contribution in [0.1, 0.15) is 36.7 Å². The number of imidazole rings is 1. The van der Waals surface area contributed by atoms with Gasteiger partial charge in [0.25, 0.3) is 0 Å². The second kappa shape index (κ2) is 3.97. The van der Waals surface area contributed by atoms with Gasteiger partial charge in [-0.3, -0.25) is 0 Å². The quantitative estimate of drug-likeness (QED) is 0.769. The number of hydrogen-bond donors (Lipinski definition) is 0. The van der Waals surface area contributed by atoms with E-state index in [-0.39, 0.29) is 0 Å². The number of pyridine rings is 1. The van der Waals surface area contributed by atoms with Crippen LogP contribution in [0.3, 0.4) is 0 Å². The van der Waals surface area contributed by atoms with Gasteiger partial charge in [-0.1, -0.05) is 13.8 Å². The van der Waals surface area contributed by atoms with Crippen LogP contribution in [-0.4, -0.2) is 9.38 Å². The fourth-order valence-electron chi connectivity index (χ4n) is 1.93. The van der Waals surface area contributed by atoms with Crippen LogP contribution in [0.5, 0.6) is 0 Å². The van der Waals surface area contributed by atoms with Crippen LogP contribution in [0.15, 0.2) is 18.3 Å². The predicted octanol–water partition coefficient (Wildman–Crippen LogP) is 2.83. The highest BCUT2D eigenvalue weighted by molar-refractivity contribution is 5.46. The Labute approximate surface area is 95.4 Å². The first-order chi connectivity index (χ1) is 7.63. The molecule has 2 aromatic rings. The second-order valence-electron chi connectivity index (χ2n) is 4.37. The van der Waals surface area contributed by atoms with E-state index in [4.69, 9.17) is 5.26 Å². The highest BCUT2D eigenvalue weighted by atomic mass is 15.0. The molecular weight excluding hydrogens is 198 g/mol. The molecule has 0 aliphatic carbocycles. The van der Waals surface area contributed by atoms with Crippen molar-refractivity contribution < 1.29 is 0 Å². The van der Waals surface area contributed by atoms with E-state index in [0.717, 1.165) is 17.0 Å². The average Bonchev–Trinajstić information content (AvgIpc) is 2.57. The maximum absolute atomic E-state index is 8.87. The molecule has 0 aromatic carbocycles. The van der Waals surface area contributed by atoms with Crippen molar-refractivity contribution in [2.24, 2.45) is 0 Å². The molecule has 0 fully saturated rings. The van der Waals surface area contributed by atoms with Crippen molar-refractivity contribution in [3.05, 3.63) is 35.3 Å². The van der Waals surface area contributed by atoms with Crippen molar-refractivity contribution >= 4 is 5.65 Å². The number of hydrogen-bond acceptors (Lipinski definition) is 2. The van der Waals surface area contributed by atoms with Gasteiger partial charge in [-0.05, 0) is 30.5 Å². The number of aryl methyl sites for hydroxylation is 1. The summed E-state index contributed by atoms with van der Waals surface area (Å²) in [4.78, 5) is 4.60. The molecule has 3 nitrogen and oxygen atoms in total. The number of nitrogens with zero attached hydrogens (tertiary/aromatic N) is 3. The van der Waals surface area contributed by atoms with Gasteiger partial charge in [-0.15, -0.1) is 0 Å². The zero-order valence-electron chi connectivity index (χ0n) is 9.86. The number of aromatic nitrogens is 2. The molecule has 16 heavy (non-hydrogen) atoms. The van der Waals surface area contributed by atoms with Gasteiger partial charge in [0.2, 0.25) is 0 Å². The molecular formula is C13H15N3. The van der Waals surface area contributed by atoms with Crippen molar-refractivity contribution in [2.45, 2.75) is 33.1 Å². The highest BCUT2D eigenvalue weighted by Crippen LogP contribution is 2.21. The van der Waals surface area contributed by atoms with Crippen LogP contribution in [-0.2, 0) is 6.42 Å². The maximum atomic E-state index is 8.87. The minimum Gasteiger partial charge on any atom is -0.303 e. The Kier molecular flexibility index (Phi) is 2.66. The first kappa shape index (κ1) is 10.7. The number of rotatable bonds is 2. The molecule has 0 aliphatic rings. The lowest BCUT2D eigenvalue weighted by Crippen LogP contribution is -1.97. The van der Waals surface area contributed by atoms with Crippen molar-refractivity contribution in [2.75, 3.05) is 0 Å². The van der Waals surface area contributed by atoms with Crippen molar-refractivity contribution in [3.8, 4) is 6.07 Å². The van der Waals surface area contributed by atoms with Gasteiger partial charge < -0.3 is 4.40 Å². The summed E-state index contributed by atoms with van der Waals surface area (Å²) in [6, 6.07) is 6.30. The molecule has 0 radical (unpaired) electrons. The van der Waals surface area contributed by atoms with E-state index in [0.29, 0.717) is 12.3 Å². The SMILES string of the molecule is Cc1ccn2c(CC#N)c(C(C)C)nc2c1. The minimum absolute atomic E-state index is 0.351. The Bertz CT molecular complexity index is 558. The van der Waals surface area contributed by atoms with Gasteiger partial charge >= 0.3 is 0 Å². The summed E-state index contributed by atoms with van der Waals surface area (Å²) < 4.78 is 2.02. The second-order valence-corrected chi connectivity index (χ2v) is 4.37. The Hall–Kier alpha value is -1.82. The molecule has 0 atom stereocenters. The molecule has 0 saturated carbocycles. The minimum atomic E-state index is 0.351. The van der Waals surface area contributed by atoms with Gasteiger partial charge in [0.05, 0.1) is 23.9 Å². The summed E-state index contributed by atoms with van der Waals surface area (Å²) in [6.45, 7) is 6.26. The molecule has 0 aliphatic heterocycles. The zero-order chi connectivity index (χ0) is 11.7. The lowest BCUT2D eigenvalue weighted by atomic mass is 10.1. The third-order valence-corrected chi connectivity index (χ3v) is 2.70. The molecule has 0 amide bonds. The summed E-state index contributed by atoms with van der Waals surface area (Å²) in [6.07, 6.45) is 2.41. The predicted molar refractivity (Wildman–Crippen MR) is 63.3 cm³/mol. The molecule has 0 bridgehead atoms. The van der Waals surface area contributed by atoms with Crippen LogP contribution in [0, 0.1) is 18.3 Å². The monoisotopic (exact) mass is 213 g/mol. The van der Waals surface area contributed by atoms with Crippen molar-refractivity contribution in [1.82, 2.24) is 9.38 Å².